The number of hydrogen-bond acceptors (Lipinski definition) is 1. The maximum absolute atomic E-state index is 5.85. The summed E-state index contributed by atoms with van der Waals surface area (Å²) in [4.78, 5) is 0. The summed E-state index contributed by atoms with van der Waals surface area (Å²) in [6.45, 7) is 16.1. The van der Waals surface area contributed by atoms with Gasteiger partial charge in [-0.2, -0.15) is 0 Å². The van der Waals surface area contributed by atoms with Crippen LogP contribution in [0.3, 0.4) is 0 Å². The summed E-state index contributed by atoms with van der Waals surface area (Å²) in [6.07, 6.45) is 2.39. The summed E-state index contributed by atoms with van der Waals surface area (Å²) >= 11 is 0. The van der Waals surface area contributed by atoms with Crippen LogP contribution in [-0.2, 0) is 0 Å². The Morgan fingerprint density at radius 2 is 1.43 bits per heavy atom. The van der Waals surface area contributed by atoms with Gasteiger partial charge in [-0.1, -0.05) is 41.5 Å². The van der Waals surface area contributed by atoms with Gasteiger partial charge in [-0.15, -0.1) is 0 Å². The van der Waals surface area contributed by atoms with Gasteiger partial charge in [0.15, 0.2) is 0 Å². The highest BCUT2D eigenvalue weighted by Crippen LogP contribution is 2.40. The van der Waals surface area contributed by atoms with E-state index in [4.69, 9.17) is 5.73 Å². The van der Waals surface area contributed by atoms with Gasteiger partial charge in [0.05, 0.1) is 0 Å². The first kappa shape index (κ1) is 14.0. The minimum atomic E-state index is 0.323. The van der Waals surface area contributed by atoms with E-state index in [1.54, 1.807) is 0 Å². The molecular weight excluding hydrogens is 170 g/mol. The van der Waals surface area contributed by atoms with Gasteiger partial charge in [0.1, 0.15) is 0 Å². The predicted octanol–water partition coefficient (Wildman–Crippen LogP) is 3.82. The van der Waals surface area contributed by atoms with Crippen LogP contribution in [-0.4, -0.2) is 6.04 Å². The van der Waals surface area contributed by atoms with Crippen molar-refractivity contribution in [1.29, 1.82) is 0 Å². The average molecular weight is 199 g/mol. The minimum Gasteiger partial charge on any atom is -0.328 e. The van der Waals surface area contributed by atoms with Gasteiger partial charge in [-0.05, 0) is 36.5 Å². The molecule has 0 rings (SSSR count). The lowest BCUT2D eigenvalue weighted by atomic mass is 9.68. The molecule has 0 aliphatic carbocycles. The zero-order valence-corrected chi connectivity index (χ0v) is 11.1. The molecule has 14 heavy (non-hydrogen) atoms. The molecule has 1 heteroatoms. The molecule has 0 spiro atoms. The van der Waals surface area contributed by atoms with Gasteiger partial charge in [0.2, 0.25) is 0 Å². The molecule has 2 N–H and O–H groups in total. The Morgan fingerprint density at radius 1 is 1.00 bits per heavy atom. The van der Waals surface area contributed by atoms with E-state index in [9.17, 15) is 0 Å². The molecule has 0 aromatic rings. The third-order valence-corrected chi connectivity index (χ3v) is 3.05. The van der Waals surface area contributed by atoms with Crippen molar-refractivity contribution in [3.05, 3.63) is 0 Å². The summed E-state index contributed by atoms with van der Waals surface area (Å²) in [7, 11) is 0. The Hall–Kier alpha value is -0.0400. The van der Waals surface area contributed by atoms with E-state index in [1.165, 1.54) is 6.42 Å². The fraction of sp³-hybridized carbons (Fsp3) is 1.00. The highest BCUT2D eigenvalue weighted by Gasteiger charge is 2.30. The average Bonchev–Trinajstić information content (AvgIpc) is 1.78. The van der Waals surface area contributed by atoms with Gasteiger partial charge >= 0.3 is 0 Å². The molecule has 0 saturated heterocycles. The fourth-order valence-electron chi connectivity index (χ4n) is 2.42. The van der Waals surface area contributed by atoms with Crippen molar-refractivity contribution < 1.29 is 0 Å². The van der Waals surface area contributed by atoms with Crippen LogP contribution in [0.25, 0.3) is 0 Å². The molecule has 0 bridgehead atoms. The van der Waals surface area contributed by atoms with Crippen LogP contribution in [0.5, 0.6) is 0 Å². The van der Waals surface area contributed by atoms with Crippen LogP contribution < -0.4 is 5.73 Å². The molecule has 0 radical (unpaired) electrons. The normalized spacial score (nSPS) is 18.0. The molecule has 0 aliphatic rings. The third kappa shape index (κ3) is 5.64. The van der Waals surface area contributed by atoms with Crippen molar-refractivity contribution in [2.45, 2.75) is 67.3 Å². The predicted molar refractivity (Wildman–Crippen MR) is 65.3 cm³/mol. The quantitative estimate of drug-likeness (QED) is 0.732. The van der Waals surface area contributed by atoms with E-state index in [0.29, 0.717) is 22.8 Å². The highest BCUT2D eigenvalue weighted by atomic mass is 14.6. The van der Waals surface area contributed by atoms with Crippen LogP contribution in [0.4, 0.5) is 0 Å². The molecule has 0 aliphatic heterocycles. The third-order valence-electron chi connectivity index (χ3n) is 3.05. The van der Waals surface area contributed by atoms with E-state index in [1.807, 2.05) is 0 Å². The van der Waals surface area contributed by atoms with Crippen LogP contribution in [0.2, 0.25) is 0 Å². The molecule has 2 unspecified atom stereocenters. The molecule has 0 aromatic heterocycles. The van der Waals surface area contributed by atoms with E-state index in [0.717, 1.165) is 6.42 Å². The summed E-state index contributed by atoms with van der Waals surface area (Å²) < 4.78 is 0. The second kappa shape index (κ2) is 4.65. The van der Waals surface area contributed by atoms with Crippen LogP contribution in [0.1, 0.15) is 61.3 Å². The first-order valence-electron chi connectivity index (χ1n) is 5.80. The smallest absolute Gasteiger partial charge is 0.00132 e. The van der Waals surface area contributed by atoms with Gasteiger partial charge in [0, 0.05) is 6.04 Å². The summed E-state index contributed by atoms with van der Waals surface area (Å²) in [5, 5.41) is 0. The number of nitrogens with two attached hydrogens (primary N) is 1. The number of hydrogen-bond donors (Lipinski definition) is 1. The first-order chi connectivity index (χ1) is 6.04. The van der Waals surface area contributed by atoms with Gasteiger partial charge < -0.3 is 5.73 Å². The summed E-state index contributed by atoms with van der Waals surface area (Å²) in [5.41, 5.74) is 6.66. The lowest BCUT2D eigenvalue weighted by Gasteiger charge is -2.38. The second-order valence-corrected chi connectivity index (χ2v) is 6.84. The van der Waals surface area contributed by atoms with E-state index in [-0.39, 0.29) is 0 Å². The van der Waals surface area contributed by atoms with E-state index < -0.39 is 0 Å². The van der Waals surface area contributed by atoms with Crippen LogP contribution in [0, 0.1) is 16.7 Å². The Kier molecular flexibility index (Phi) is 4.64. The lowest BCUT2D eigenvalue weighted by molar-refractivity contribution is 0.130. The molecule has 0 saturated carbocycles. The zero-order valence-electron chi connectivity index (χ0n) is 11.1. The van der Waals surface area contributed by atoms with Crippen LogP contribution >= 0.6 is 0 Å². The topological polar surface area (TPSA) is 26.0 Å². The summed E-state index contributed by atoms with van der Waals surface area (Å²) in [6, 6.07) is 0.323. The minimum absolute atomic E-state index is 0.323. The van der Waals surface area contributed by atoms with Crippen molar-refractivity contribution in [1.82, 2.24) is 0 Å². The Labute approximate surface area is 90.5 Å². The SMILES string of the molecule is CC(N)CC(C)C(C)(C)CC(C)(C)C. The Bertz CT molecular complexity index is 163. The Morgan fingerprint density at radius 3 is 1.71 bits per heavy atom. The molecular formula is C13H29N. The first-order valence-corrected chi connectivity index (χ1v) is 5.80. The maximum atomic E-state index is 5.85. The molecule has 1 nitrogen and oxygen atoms in total. The van der Waals surface area contributed by atoms with Crippen molar-refractivity contribution in [2.24, 2.45) is 22.5 Å². The molecule has 86 valence electrons. The van der Waals surface area contributed by atoms with E-state index >= 15 is 0 Å². The largest absolute Gasteiger partial charge is 0.328 e. The summed E-state index contributed by atoms with van der Waals surface area (Å²) in [5.74, 6) is 0.696. The van der Waals surface area contributed by atoms with Crippen molar-refractivity contribution in [2.75, 3.05) is 0 Å². The van der Waals surface area contributed by atoms with Crippen molar-refractivity contribution >= 4 is 0 Å². The molecule has 2 atom stereocenters. The molecule has 0 amide bonds. The standard InChI is InChI=1S/C13H29N/c1-10(8-11(2)14)13(6,7)9-12(3,4)5/h10-11H,8-9,14H2,1-7H3. The molecule has 0 fully saturated rings. The van der Waals surface area contributed by atoms with Crippen molar-refractivity contribution in [3.8, 4) is 0 Å². The van der Waals surface area contributed by atoms with Crippen molar-refractivity contribution in [3.63, 3.8) is 0 Å². The maximum Gasteiger partial charge on any atom is 0.00132 e. The fourth-order valence-corrected chi connectivity index (χ4v) is 2.42. The van der Waals surface area contributed by atoms with E-state index in [2.05, 4.69) is 48.5 Å². The molecule has 0 heterocycles. The highest BCUT2D eigenvalue weighted by molar-refractivity contribution is 4.82. The number of rotatable bonds is 4. The van der Waals surface area contributed by atoms with Gasteiger partial charge in [-0.3, -0.25) is 0 Å². The van der Waals surface area contributed by atoms with Crippen LogP contribution in [0.15, 0.2) is 0 Å². The van der Waals surface area contributed by atoms with Gasteiger partial charge in [-0.25, -0.2) is 0 Å². The second-order valence-electron chi connectivity index (χ2n) is 6.84. The Balaban J connectivity index is 4.30. The zero-order chi connectivity index (χ0) is 11.6. The van der Waals surface area contributed by atoms with Gasteiger partial charge in [0.25, 0.3) is 0 Å². The lowest BCUT2D eigenvalue weighted by Crippen LogP contribution is -2.31. The molecule has 0 aromatic carbocycles. The monoisotopic (exact) mass is 199 g/mol.